The lowest BCUT2D eigenvalue weighted by atomic mass is 10.0. The highest BCUT2D eigenvalue weighted by atomic mass is 16.5. The molecule has 0 amide bonds. The van der Waals surface area contributed by atoms with E-state index in [1.807, 2.05) is 26.8 Å². The lowest BCUT2D eigenvalue weighted by Crippen LogP contribution is -2.22. The first-order chi connectivity index (χ1) is 11.2. The summed E-state index contributed by atoms with van der Waals surface area (Å²) in [6, 6.07) is 6.13. The van der Waals surface area contributed by atoms with E-state index in [1.165, 1.54) is 4.68 Å². The highest BCUT2D eigenvalue weighted by Gasteiger charge is 2.19. The molecule has 1 heterocycles. The lowest BCUT2D eigenvalue weighted by Gasteiger charge is -2.14. The first-order valence-electron chi connectivity index (χ1n) is 8.55. The highest BCUT2D eigenvalue weighted by Crippen LogP contribution is 2.28. The van der Waals surface area contributed by atoms with Crippen LogP contribution in [0.15, 0.2) is 18.2 Å². The van der Waals surface area contributed by atoms with Gasteiger partial charge in [-0.05, 0) is 55.4 Å². The Morgan fingerprint density at radius 1 is 1.12 bits per heavy atom. The van der Waals surface area contributed by atoms with Gasteiger partial charge in [-0.25, -0.2) is 4.68 Å². The Balaban J connectivity index is 2.21. The predicted octanol–water partition coefficient (Wildman–Crippen LogP) is 4.77. The fourth-order valence-electron chi connectivity index (χ4n) is 3.18. The van der Waals surface area contributed by atoms with Gasteiger partial charge in [0.2, 0.25) is 0 Å². The summed E-state index contributed by atoms with van der Waals surface area (Å²) in [5.41, 5.74) is 5.19. The fourth-order valence-corrected chi connectivity index (χ4v) is 3.18. The second kappa shape index (κ2) is 7.20. The van der Waals surface area contributed by atoms with Crippen LogP contribution in [0, 0.1) is 20.8 Å². The maximum absolute atomic E-state index is 12.6. The molecule has 0 aliphatic rings. The topological polar surface area (TPSA) is 44.1 Å². The van der Waals surface area contributed by atoms with Crippen molar-refractivity contribution >= 4 is 5.91 Å². The number of hydrogen-bond acceptors (Lipinski definition) is 3. The van der Waals surface area contributed by atoms with Gasteiger partial charge in [0, 0.05) is 5.69 Å². The van der Waals surface area contributed by atoms with E-state index in [2.05, 4.69) is 44.9 Å². The predicted molar refractivity (Wildman–Crippen MR) is 97.2 cm³/mol. The van der Waals surface area contributed by atoms with Crippen LogP contribution < -0.4 is 4.74 Å². The molecule has 0 aliphatic heterocycles. The molecular formula is C20H28N2O2. The molecular weight excluding hydrogens is 300 g/mol. The summed E-state index contributed by atoms with van der Waals surface area (Å²) in [5.74, 6) is 1.33. The van der Waals surface area contributed by atoms with E-state index in [0.29, 0.717) is 11.8 Å². The van der Waals surface area contributed by atoms with Gasteiger partial charge in [0.25, 0.3) is 5.91 Å². The zero-order valence-corrected chi connectivity index (χ0v) is 15.8. The Hall–Kier alpha value is -2.10. The standard InChI is InChI=1S/C20H28N2O2/c1-12(2)17-9-8-14(5)10-18(17)24-11-19(23)22-16(7)20(13(3)4)15(6)21-22/h8-10,12-13H,11H2,1-7H3. The van der Waals surface area contributed by atoms with Crippen LogP contribution in [0.5, 0.6) is 5.75 Å². The zero-order chi connectivity index (χ0) is 18.0. The number of carbonyl (C=O) groups excluding carboxylic acids is 1. The molecule has 4 heteroatoms. The average Bonchev–Trinajstić information content (AvgIpc) is 2.79. The molecule has 2 aromatic rings. The molecule has 24 heavy (non-hydrogen) atoms. The average molecular weight is 328 g/mol. The summed E-state index contributed by atoms with van der Waals surface area (Å²) in [6.07, 6.45) is 0. The first-order valence-corrected chi connectivity index (χ1v) is 8.55. The monoisotopic (exact) mass is 328 g/mol. The van der Waals surface area contributed by atoms with E-state index < -0.39 is 0 Å². The van der Waals surface area contributed by atoms with Gasteiger partial charge in [-0.3, -0.25) is 4.79 Å². The normalized spacial score (nSPS) is 11.4. The summed E-state index contributed by atoms with van der Waals surface area (Å²) < 4.78 is 7.33. The van der Waals surface area contributed by atoms with Crippen LogP contribution in [0.25, 0.3) is 0 Å². The number of carbonyl (C=O) groups is 1. The SMILES string of the molecule is Cc1ccc(C(C)C)c(OCC(=O)n2nc(C)c(C(C)C)c2C)c1. The van der Waals surface area contributed by atoms with Crippen molar-refractivity contribution in [1.29, 1.82) is 0 Å². The van der Waals surface area contributed by atoms with Crippen molar-refractivity contribution < 1.29 is 9.53 Å². The molecule has 0 unspecified atom stereocenters. The summed E-state index contributed by atoms with van der Waals surface area (Å²) in [7, 11) is 0. The van der Waals surface area contributed by atoms with Crippen molar-refractivity contribution in [2.24, 2.45) is 0 Å². The van der Waals surface area contributed by atoms with E-state index in [-0.39, 0.29) is 12.5 Å². The molecule has 0 aliphatic carbocycles. The van der Waals surface area contributed by atoms with Gasteiger partial charge in [0.05, 0.1) is 5.69 Å². The summed E-state index contributed by atoms with van der Waals surface area (Å²) >= 11 is 0. The van der Waals surface area contributed by atoms with Crippen LogP contribution in [0.1, 0.15) is 72.4 Å². The van der Waals surface area contributed by atoms with Crippen LogP contribution in [0.2, 0.25) is 0 Å². The summed E-state index contributed by atoms with van der Waals surface area (Å²) in [4.78, 5) is 12.6. The second-order valence-corrected chi connectivity index (χ2v) is 7.03. The number of hydrogen-bond donors (Lipinski definition) is 0. The van der Waals surface area contributed by atoms with Gasteiger partial charge in [-0.2, -0.15) is 5.10 Å². The Kier molecular flexibility index (Phi) is 5.47. The maximum atomic E-state index is 12.6. The molecule has 2 rings (SSSR count). The molecule has 4 nitrogen and oxygen atoms in total. The number of benzene rings is 1. The van der Waals surface area contributed by atoms with Crippen LogP contribution in [-0.2, 0) is 0 Å². The van der Waals surface area contributed by atoms with Crippen LogP contribution >= 0.6 is 0 Å². The minimum atomic E-state index is -0.140. The van der Waals surface area contributed by atoms with Crippen molar-refractivity contribution in [3.05, 3.63) is 46.3 Å². The largest absolute Gasteiger partial charge is 0.483 e. The lowest BCUT2D eigenvalue weighted by molar-refractivity contribution is 0.0817. The molecule has 0 bridgehead atoms. The number of aryl methyl sites for hydroxylation is 2. The zero-order valence-electron chi connectivity index (χ0n) is 15.8. The van der Waals surface area contributed by atoms with Gasteiger partial charge in [-0.1, -0.05) is 39.8 Å². The van der Waals surface area contributed by atoms with E-state index in [9.17, 15) is 4.79 Å². The van der Waals surface area contributed by atoms with Gasteiger partial charge in [0.15, 0.2) is 6.61 Å². The van der Waals surface area contributed by atoms with Crippen molar-refractivity contribution in [1.82, 2.24) is 9.78 Å². The third-order valence-electron chi connectivity index (χ3n) is 4.30. The number of ether oxygens (including phenoxy) is 1. The van der Waals surface area contributed by atoms with E-state index in [0.717, 1.165) is 33.8 Å². The molecule has 0 fully saturated rings. The molecule has 0 saturated carbocycles. The Morgan fingerprint density at radius 2 is 1.79 bits per heavy atom. The summed E-state index contributed by atoms with van der Waals surface area (Å²) in [5, 5.41) is 4.41. The third kappa shape index (κ3) is 3.69. The van der Waals surface area contributed by atoms with E-state index in [4.69, 9.17) is 4.74 Å². The molecule has 1 aromatic heterocycles. The molecule has 0 spiro atoms. The molecule has 0 N–H and O–H groups in total. The van der Waals surface area contributed by atoms with E-state index in [1.54, 1.807) is 0 Å². The first kappa shape index (κ1) is 18.2. The minimum Gasteiger partial charge on any atom is -0.483 e. The van der Waals surface area contributed by atoms with E-state index >= 15 is 0 Å². The molecule has 130 valence electrons. The fraction of sp³-hybridized carbons (Fsp3) is 0.500. The molecule has 0 atom stereocenters. The number of aromatic nitrogens is 2. The Morgan fingerprint density at radius 3 is 2.33 bits per heavy atom. The molecule has 0 saturated heterocycles. The van der Waals surface area contributed by atoms with Crippen LogP contribution in [0.3, 0.4) is 0 Å². The molecule has 1 aromatic carbocycles. The van der Waals surface area contributed by atoms with Gasteiger partial charge in [-0.15, -0.1) is 0 Å². The van der Waals surface area contributed by atoms with Gasteiger partial charge in [0.1, 0.15) is 5.75 Å². The van der Waals surface area contributed by atoms with Crippen LogP contribution in [-0.4, -0.2) is 22.3 Å². The van der Waals surface area contributed by atoms with Gasteiger partial charge >= 0.3 is 0 Å². The summed E-state index contributed by atoms with van der Waals surface area (Å²) in [6.45, 7) is 14.4. The smallest absolute Gasteiger partial charge is 0.284 e. The second-order valence-electron chi connectivity index (χ2n) is 7.03. The maximum Gasteiger partial charge on any atom is 0.284 e. The van der Waals surface area contributed by atoms with Crippen molar-refractivity contribution in [2.75, 3.05) is 6.61 Å². The van der Waals surface area contributed by atoms with Crippen LogP contribution in [0.4, 0.5) is 0 Å². The van der Waals surface area contributed by atoms with Crippen molar-refractivity contribution in [3.8, 4) is 5.75 Å². The number of rotatable bonds is 5. The third-order valence-corrected chi connectivity index (χ3v) is 4.30. The Labute approximate surface area is 144 Å². The Bertz CT molecular complexity index is 742. The quantitative estimate of drug-likeness (QED) is 0.794. The van der Waals surface area contributed by atoms with Gasteiger partial charge < -0.3 is 4.74 Å². The molecule has 0 radical (unpaired) electrons. The number of nitrogens with zero attached hydrogens (tertiary/aromatic N) is 2. The van der Waals surface area contributed by atoms with Crippen molar-refractivity contribution in [3.63, 3.8) is 0 Å². The minimum absolute atomic E-state index is 0.0112. The van der Waals surface area contributed by atoms with Crippen molar-refractivity contribution in [2.45, 2.75) is 60.3 Å². The highest BCUT2D eigenvalue weighted by molar-refractivity contribution is 5.80.